The van der Waals surface area contributed by atoms with Crippen LogP contribution in [0.1, 0.15) is 131 Å². The second-order valence-corrected chi connectivity index (χ2v) is 16.2. The summed E-state index contributed by atoms with van der Waals surface area (Å²) < 4.78 is 6.57. The largest absolute Gasteiger partial charge is 0.512 e. The fourth-order valence-corrected chi connectivity index (χ4v) is 7.66. The van der Waals surface area contributed by atoms with Gasteiger partial charge in [-0.1, -0.05) is 104 Å². The summed E-state index contributed by atoms with van der Waals surface area (Å²) in [4.78, 5) is 16.5. The average molecular weight is 865 g/mol. The first-order valence-corrected chi connectivity index (χ1v) is 19.0. The first-order chi connectivity index (χ1) is 23.8. The molecule has 1 fully saturated rings. The number of pyridine rings is 1. The number of aliphatic hydroxyl groups excluding tert-OH is 1. The minimum atomic E-state index is 0. The Morgan fingerprint density at radius 2 is 1.57 bits per heavy atom. The van der Waals surface area contributed by atoms with Gasteiger partial charge >= 0.3 is 0 Å². The molecule has 4 nitrogen and oxygen atoms in total. The molecule has 2 heterocycles. The Morgan fingerprint density at radius 3 is 2.20 bits per heavy atom. The van der Waals surface area contributed by atoms with Crippen LogP contribution >= 0.6 is 0 Å². The maximum atomic E-state index is 11.7. The summed E-state index contributed by atoms with van der Waals surface area (Å²) in [5.41, 5.74) is 6.89. The summed E-state index contributed by atoms with van der Waals surface area (Å²) in [7, 11) is 0. The van der Waals surface area contributed by atoms with Crippen molar-refractivity contribution in [2.24, 2.45) is 17.3 Å². The fraction of sp³-hybridized carbons (Fsp3) is 0.478. The van der Waals surface area contributed by atoms with Crippen LogP contribution in [-0.4, -0.2) is 15.9 Å². The molecule has 0 aliphatic heterocycles. The predicted molar refractivity (Wildman–Crippen MR) is 211 cm³/mol. The molecule has 275 valence electrons. The van der Waals surface area contributed by atoms with Crippen LogP contribution in [0.15, 0.2) is 77.0 Å². The van der Waals surface area contributed by atoms with Crippen molar-refractivity contribution in [2.45, 2.75) is 125 Å². The molecule has 0 amide bonds. The molecule has 1 N–H and O–H groups in total. The average Bonchev–Trinajstić information content (AvgIpc) is 3.47. The van der Waals surface area contributed by atoms with Gasteiger partial charge in [-0.25, -0.2) is 0 Å². The van der Waals surface area contributed by atoms with Crippen LogP contribution in [0.3, 0.4) is 0 Å². The number of hydrogen-bond donors (Lipinski definition) is 1. The molecule has 51 heavy (non-hydrogen) atoms. The van der Waals surface area contributed by atoms with Gasteiger partial charge in [-0.15, -0.1) is 29.1 Å². The van der Waals surface area contributed by atoms with Crippen molar-refractivity contribution in [3.63, 3.8) is 0 Å². The second kappa shape index (κ2) is 17.0. The summed E-state index contributed by atoms with van der Waals surface area (Å²) in [6, 6.07) is 23.4. The van der Waals surface area contributed by atoms with Crippen molar-refractivity contribution in [2.75, 3.05) is 0 Å². The molecule has 5 heteroatoms. The molecule has 2 aromatic heterocycles. The molecular formula is C46H58IrNO3-. The van der Waals surface area contributed by atoms with Gasteiger partial charge in [-0.2, -0.15) is 0 Å². The minimum Gasteiger partial charge on any atom is -0.512 e. The molecule has 1 saturated carbocycles. The van der Waals surface area contributed by atoms with Crippen LogP contribution in [0.5, 0.6) is 0 Å². The van der Waals surface area contributed by atoms with Crippen LogP contribution in [-0.2, 0) is 30.3 Å². The summed E-state index contributed by atoms with van der Waals surface area (Å²) in [5.74, 6) is 1.17. The smallest absolute Gasteiger partial charge is 0.162 e. The molecule has 3 aromatic carbocycles. The number of aliphatic hydroxyl groups is 1. The van der Waals surface area contributed by atoms with Crippen LogP contribution in [0.4, 0.5) is 0 Å². The number of fused-ring (bicyclic) bond motifs is 4. The SMILES string of the molecule is CC1(C)CCC(c2ccc3c(c2)oc2c(-c4[c-]c5ccccc5c(C(C)(C)C)c4)nccc23)CC1.CCC(CC)C(=O)/C=C(\O)C(CC)CC.[Ir]. The van der Waals surface area contributed by atoms with Crippen molar-refractivity contribution < 1.29 is 34.4 Å². The molecule has 0 atom stereocenters. The number of allylic oxidation sites excluding steroid dienone is 2. The van der Waals surface area contributed by atoms with Gasteiger partial charge in [0.05, 0.1) is 5.76 Å². The third kappa shape index (κ3) is 9.21. The normalized spacial score (nSPS) is 15.3. The number of nitrogens with zero attached hydrogens (tertiary/aromatic N) is 1. The van der Waals surface area contributed by atoms with Gasteiger partial charge in [0.1, 0.15) is 11.2 Å². The van der Waals surface area contributed by atoms with E-state index in [0.29, 0.717) is 11.3 Å². The maximum absolute atomic E-state index is 11.7. The van der Waals surface area contributed by atoms with Crippen LogP contribution in [0.25, 0.3) is 44.0 Å². The van der Waals surface area contributed by atoms with E-state index in [2.05, 4.69) is 95.3 Å². The van der Waals surface area contributed by atoms with E-state index < -0.39 is 0 Å². The summed E-state index contributed by atoms with van der Waals surface area (Å²) in [6.07, 6.45) is 11.9. The zero-order valence-corrected chi connectivity index (χ0v) is 34.7. The predicted octanol–water partition coefficient (Wildman–Crippen LogP) is 13.4. The standard InChI is InChI=1S/C33H34NO.C13H24O2.Ir/c1-32(2,3)28-19-24(18-23-8-6-7-9-25(23)28)30-31-27(14-17-34-30)26-11-10-22(20-29(26)35-31)21-12-15-33(4,5)16-13-21;1-5-10(6-2)12(14)9-13(15)11(7-3)8-4;/h6-11,14,17,19-21H,12-13,15-16H2,1-5H3;9-11,14H,5-8H2,1-4H3;/q-1;;/b;12-9-;. The van der Waals surface area contributed by atoms with E-state index in [1.54, 1.807) is 0 Å². The van der Waals surface area contributed by atoms with E-state index in [4.69, 9.17) is 9.40 Å². The van der Waals surface area contributed by atoms with Crippen molar-refractivity contribution in [3.05, 3.63) is 89.8 Å². The molecule has 5 aromatic rings. The van der Waals surface area contributed by atoms with Gasteiger partial charge in [-0.3, -0.25) is 9.78 Å². The molecule has 0 bridgehead atoms. The number of rotatable bonds is 9. The number of hydrogen-bond acceptors (Lipinski definition) is 4. The number of furan rings is 1. The van der Waals surface area contributed by atoms with E-state index in [1.807, 2.05) is 33.9 Å². The third-order valence-corrected chi connectivity index (χ3v) is 11.1. The van der Waals surface area contributed by atoms with E-state index in [-0.39, 0.29) is 48.9 Å². The van der Waals surface area contributed by atoms with Crippen molar-refractivity contribution in [1.82, 2.24) is 4.98 Å². The molecule has 6 rings (SSSR count). The van der Waals surface area contributed by atoms with Crippen LogP contribution in [0, 0.1) is 23.3 Å². The quantitative estimate of drug-likeness (QED) is 0.0911. The van der Waals surface area contributed by atoms with Gasteiger partial charge in [0.25, 0.3) is 0 Å². The van der Waals surface area contributed by atoms with Crippen molar-refractivity contribution in [1.29, 1.82) is 0 Å². The second-order valence-electron chi connectivity index (χ2n) is 16.2. The van der Waals surface area contributed by atoms with Crippen LogP contribution in [0.2, 0.25) is 0 Å². The topological polar surface area (TPSA) is 63.3 Å². The zero-order chi connectivity index (χ0) is 36.2. The Labute approximate surface area is 319 Å². The van der Waals surface area contributed by atoms with Gasteiger partial charge in [0.2, 0.25) is 0 Å². The van der Waals surface area contributed by atoms with E-state index in [1.165, 1.54) is 53.7 Å². The minimum absolute atomic E-state index is 0. The maximum Gasteiger partial charge on any atom is 0.162 e. The van der Waals surface area contributed by atoms with Crippen molar-refractivity contribution >= 4 is 38.5 Å². The Kier molecular flexibility index (Phi) is 13.5. The zero-order valence-electron chi connectivity index (χ0n) is 32.3. The molecule has 0 unspecified atom stereocenters. The number of carbonyl (C=O) groups is 1. The van der Waals surface area contributed by atoms with Gasteiger partial charge < -0.3 is 9.52 Å². The number of benzene rings is 3. The van der Waals surface area contributed by atoms with E-state index in [9.17, 15) is 9.90 Å². The number of ketones is 1. The Morgan fingerprint density at radius 1 is 0.922 bits per heavy atom. The number of aromatic nitrogens is 1. The molecule has 0 spiro atoms. The molecule has 1 aliphatic carbocycles. The molecule has 1 aliphatic rings. The summed E-state index contributed by atoms with van der Waals surface area (Å²) in [6.45, 7) is 19.7. The van der Waals surface area contributed by atoms with Gasteiger partial charge in [0, 0.05) is 60.7 Å². The molecular weight excluding hydrogens is 807 g/mol. The van der Waals surface area contributed by atoms with E-state index >= 15 is 0 Å². The third-order valence-electron chi connectivity index (χ3n) is 11.1. The van der Waals surface area contributed by atoms with Gasteiger partial charge in [-0.05, 0) is 85.8 Å². The Balaban J connectivity index is 0.000000312. The Hall–Kier alpha value is -3.27. The van der Waals surface area contributed by atoms with Gasteiger partial charge in [0.15, 0.2) is 5.78 Å². The first-order valence-electron chi connectivity index (χ1n) is 19.0. The summed E-state index contributed by atoms with van der Waals surface area (Å²) in [5, 5.41) is 14.4. The molecule has 0 saturated heterocycles. The monoisotopic (exact) mass is 865 g/mol. The van der Waals surface area contributed by atoms with E-state index in [0.717, 1.165) is 58.9 Å². The number of carbonyl (C=O) groups excluding carboxylic acids is 1. The van der Waals surface area contributed by atoms with Crippen molar-refractivity contribution in [3.8, 4) is 11.3 Å². The molecule has 1 radical (unpaired) electrons. The van der Waals surface area contributed by atoms with Crippen LogP contribution < -0.4 is 0 Å². The Bertz CT molecular complexity index is 1960. The first kappa shape index (κ1) is 40.5. The fourth-order valence-electron chi connectivity index (χ4n) is 7.66. The summed E-state index contributed by atoms with van der Waals surface area (Å²) >= 11 is 0.